The summed E-state index contributed by atoms with van der Waals surface area (Å²) < 4.78 is 55.9. The number of hydrazine groups is 1. The Morgan fingerprint density at radius 2 is 1.92 bits per heavy atom. The van der Waals surface area contributed by atoms with Crippen molar-refractivity contribution in [2.75, 3.05) is 32.8 Å². The number of piperidine rings is 1. The van der Waals surface area contributed by atoms with Gasteiger partial charge in [0.25, 0.3) is 0 Å². The van der Waals surface area contributed by atoms with E-state index < -0.39 is 39.6 Å². The van der Waals surface area contributed by atoms with Gasteiger partial charge in [-0.2, -0.15) is 4.31 Å². The van der Waals surface area contributed by atoms with Gasteiger partial charge in [0.1, 0.15) is 17.6 Å². The molecule has 36 heavy (non-hydrogen) atoms. The molecular weight excluding hydrogens is 513 g/mol. The van der Waals surface area contributed by atoms with E-state index in [1.165, 1.54) is 4.31 Å². The summed E-state index contributed by atoms with van der Waals surface area (Å²) in [5.41, 5.74) is 3.13. The lowest BCUT2D eigenvalue weighted by atomic mass is 9.75. The van der Waals surface area contributed by atoms with Crippen molar-refractivity contribution < 1.29 is 32.2 Å². The number of nitrogens with one attached hydrogen (secondary N) is 1. The van der Waals surface area contributed by atoms with Gasteiger partial charge in [-0.3, -0.25) is 4.79 Å². The van der Waals surface area contributed by atoms with E-state index in [1.54, 1.807) is 0 Å². The molecule has 9 atom stereocenters. The number of rotatable bonds is 9. The minimum atomic E-state index is -3.89. The van der Waals surface area contributed by atoms with E-state index in [9.17, 15) is 22.7 Å². The van der Waals surface area contributed by atoms with Gasteiger partial charge < -0.3 is 14.6 Å². The molecule has 2 saturated carbocycles. The zero-order valence-electron chi connectivity index (χ0n) is 21.2. The smallest absolute Gasteiger partial charge is 0.307 e. The normalized spacial score (nSPS) is 40.7. The molecule has 0 aromatic rings. The number of halogens is 2. The maximum Gasteiger partial charge on any atom is 0.307 e. The third-order valence-corrected chi connectivity index (χ3v) is 11.3. The number of ether oxygens (including phenoxy) is 2. The van der Waals surface area contributed by atoms with Crippen molar-refractivity contribution in [1.82, 2.24) is 14.7 Å². The van der Waals surface area contributed by atoms with Gasteiger partial charge in [-0.25, -0.2) is 23.2 Å². The van der Waals surface area contributed by atoms with E-state index in [-0.39, 0.29) is 49.1 Å². The zero-order chi connectivity index (χ0) is 26.0. The van der Waals surface area contributed by atoms with Crippen LogP contribution in [0.3, 0.4) is 0 Å². The molecule has 12 heteroatoms. The lowest BCUT2D eigenvalue weighted by Crippen LogP contribution is -2.59. The standard InChI is InChI=1S/C24H41ClFN3O6S/c1-3-28-13-22(23(27-28)34-4-2)36(32,33)29-12-16(24(30)31)10-15-8-9-17(11-21(15)29)35-14-18-19(25)6-5-7-20(18)26/h15-23,27H,3-14H2,1-2H3,(H,30,31). The molecule has 2 saturated heterocycles. The van der Waals surface area contributed by atoms with E-state index in [2.05, 4.69) is 5.43 Å². The van der Waals surface area contributed by atoms with Gasteiger partial charge in [0, 0.05) is 43.6 Å². The first-order valence-electron chi connectivity index (χ1n) is 13.4. The predicted molar refractivity (Wildman–Crippen MR) is 134 cm³/mol. The average molecular weight is 554 g/mol. The monoisotopic (exact) mass is 553 g/mol. The maximum atomic E-state index is 14.5. The quantitative estimate of drug-likeness (QED) is 0.419. The summed E-state index contributed by atoms with van der Waals surface area (Å²) in [4.78, 5) is 12.0. The second kappa shape index (κ2) is 12.1. The maximum absolute atomic E-state index is 14.5. The summed E-state index contributed by atoms with van der Waals surface area (Å²) >= 11 is 6.39. The number of hydrogen-bond acceptors (Lipinski definition) is 7. The van der Waals surface area contributed by atoms with Crippen LogP contribution in [0.1, 0.15) is 58.8 Å². The third kappa shape index (κ3) is 6.02. The van der Waals surface area contributed by atoms with E-state index in [4.69, 9.17) is 21.1 Å². The molecule has 0 spiro atoms. The van der Waals surface area contributed by atoms with Gasteiger partial charge in [0.15, 0.2) is 0 Å². The van der Waals surface area contributed by atoms with Crippen molar-refractivity contribution in [3.05, 3.63) is 0 Å². The molecule has 2 N–H and O–H groups in total. The number of alkyl halides is 2. The largest absolute Gasteiger partial charge is 0.481 e. The summed E-state index contributed by atoms with van der Waals surface area (Å²) in [7, 11) is -3.89. The number of carboxylic acid groups (broad SMARTS) is 1. The highest BCUT2D eigenvalue weighted by Gasteiger charge is 2.52. The topological polar surface area (TPSA) is 108 Å². The van der Waals surface area contributed by atoms with Crippen molar-refractivity contribution in [2.24, 2.45) is 17.8 Å². The van der Waals surface area contributed by atoms with Crippen LogP contribution in [0.5, 0.6) is 0 Å². The minimum absolute atomic E-state index is 0.0496. The summed E-state index contributed by atoms with van der Waals surface area (Å²) in [6, 6.07) is -0.346. The number of hydrogen-bond donors (Lipinski definition) is 2. The van der Waals surface area contributed by atoms with Crippen LogP contribution in [0.25, 0.3) is 0 Å². The Bertz CT molecular complexity index is 859. The summed E-state index contributed by atoms with van der Waals surface area (Å²) in [6.45, 7) is 5.18. The molecule has 4 aliphatic rings. The van der Waals surface area contributed by atoms with Crippen molar-refractivity contribution >= 4 is 27.6 Å². The average Bonchev–Trinajstić information content (AvgIpc) is 3.27. The fourth-order valence-electron chi connectivity index (χ4n) is 6.43. The van der Waals surface area contributed by atoms with Crippen LogP contribution in [-0.2, 0) is 24.3 Å². The molecule has 0 aromatic carbocycles. The van der Waals surface area contributed by atoms with Gasteiger partial charge in [0.05, 0.1) is 18.6 Å². The van der Waals surface area contributed by atoms with E-state index >= 15 is 0 Å². The minimum Gasteiger partial charge on any atom is -0.481 e. The van der Waals surface area contributed by atoms with Crippen LogP contribution >= 0.6 is 11.6 Å². The first-order chi connectivity index (χ1) is 17.1. The summed E-state index contributed by atoms with van der Waals surface area (Å²) in [5.74, 6) is -2.11. The predicted octanol–water partition coefficient (Wildman–Crippen LogP) is 2.59. The Hall–Kier alpha value is -0.560. The van der Waals surface area contributed by atoms with Crippen LogP contribution in [0.4, 0.5) is 4.39 Å². The van der Waals surface area contributed by atoms with Crippen LogP contribution in [0, 0.1) is 17.8 Å². The van der Waals surface area contributed by atoms with Crippen molar-refractivity contribution in [1.29, 1.82) is 0 Å². The Labute approximate surface area is 219 Å². The molecule has 0 radical (unpaired) electrons. The summed E-state index contributed by atoms with van der Waals surface area (Å²) in [6.07, 6.45) is 2.50. The Balaban J connectivity index is 1.51. The lowest BCUT2D eigenvalue weighted by Gasteiger charge is -2.48. The highest BCUT2D eigenvalue weighted by molar-refractivity contribution is 7.89. The Morgan fingerprint density at radius 1 is 1.14 bits per heavy atom. The van der Waals surface area contributed by atoms with Gasteiger partial charge in [-0.15, -0.1) is 11.6 Å². The van der Waals surface area contributed by atoms with Crippen LogP contribution in [0.2, 0.25) is 0 Å². The van der Waals surface area contributed by atoms with E-state index in [0.29, 0.717) is 45.3 Å². The van der Waals surface area contributed by atoms with E-state index in [1.807, 2.05) is 18.9 Å². The van der Waals surface area contributed by atoms with Crippen molar-refractivity contribution in [3.63, 3.8) is 0 Å². The highest BCUT2D eigenvalue weighted by Crippen LogP contribution is 2.42. The summed E-state index contributed by atoms with van der Waals surface area (Å²) in [5, 5.41) is 10.5. The molecular formula is C24H41ClFN3O6S. The number of carbonyl (C=O) groups is 1. The van der Waals surface area contributed by atoms with Crippen LogP contribution < -0.4 is 5.43 Å². The van der Waals surface area contributed by atoms with Crippen LogP contribution in [0.15, 0.2) is 0 Å². The fraction of sp³-hybridized carbons (Fsp3) is 0.958. The van der Waals surface area contributed by atoms with Gasteiger partial charge in [-0.1, -0.05) is 6.92 Å². The molecule has 4 fully saturated rings. The molecule has 4 rings (SSSR count). The highest BCUT2D eigenvalue weighted by atomic mass is 35.5. The molecule has 208 valence electrons. The first-order valence-corrected chi connectivity index (χ1v) is 15.4. The molecule has 9 unspecified atom stereocenters. The molecule has 2 aliphatic carbocycles. The Kier molecular flexibility index (Phi) is 9.55. The molecule has 0 bridgehead atoms. The second-order valence-corrected chi connectivity index (χ2v) is 13.4. The molecule has 2 heterocycles. The molecule has 2 aliphatic heterocycles. The first kappa shape index (κ1) is 28.4. The lowest BCUT2D eigenvalue weighted by molar-refractivity contribution is -0.145. The number of fused-ring (bicyclic) bond motifs is 1. The van der Waals surface area contributed by atoms with Gasteiger partial charge in [-0.05, 0) is 57.8 Å². The molecule has 0 amide bonds. The Morgan fingerprint density at radius 3 is 2.58 bits per heavy atom. The number of sulfonamides is 1. The number of carboxylic acids is 1. The fourth-order valence-corrected chi connectivity index (χ4v) is 9.01. The van der Waals surface area contributed by atoms with Gasteiger partial charge in [0.2, 0.25) is 10.0 Å². The van der Waals surface area contributed by atoms with E-state index in [0.717, 1.165) is 12.8 Å². The second-order valence-electron chi connectivity index (χ2n) is 10.7. The number of nitrogens with zero attached hydrogens (tertiary/aromatic N) is 2. The van der Waals surface area contributed by atoms with Crippen molar-refractivity contribution in [3.8, 4) is 0 Å². The third-order valence-electron chi connectivity index (χ3n) is 8.51. The SMILES string of the molecule is CCOC1NN(CC)CC1S(=O)(=O)N1CC(C(=O)O)CC2CCC(OCC3C(F)CCCC3Cl)CC21. The molecule has 9 nitrogen and oxygen atoms in total. The molecule has 0 aromatic heterocycles. The zero-order valence-corrected chi connectivity index (χ0v) is 22.8. The number of aliphatic carboxylic acids is 1. The van der Waals surface area contributed by atoms with Crippen LogP contribution in [-0.4, -0.2) is 96.8 Å². The van der Waals surface area contributed by atoms with Gasteiger partial charge >= 0.3 is 5.97 Å². The van der Waals surface area contributed by atoms with Crippen molar-refractivity contribution in [2.45, 2.75) is 94.0 Å².